The van der Waals surface area contributed by atoms with Crippen LogP contribution in [0.15, 0.2) is 30.3 Å². The Morgan fingerprint density at radius 3 is 2.40 bits per heavy atom. The third-order valence-electron chi connectivity index (χ3n) is 6.81. The summed E-state index contributed by atoms with van der Waals surface area (Å²) in [5.74, 6) is 0.509. The zero-order chi connectivity index (χ0) is 21.7. The van der Waals surface area contributed by atoms with Gasteiger partial charge in [0.1, 0.15) is 5.75 Å². The van der Waals surface area contributed by atoms with Crippen molar-refractivity contribution in [3.8, 4) is 5.75 Å². The molecule has 1 N–H and O–H groups in total. The Morgan fingerprint density at radius 1 is 1.00 bits per heavy atom. The highest BCUT2D eigenvalue weighted by Crippen LogP contribution is 2.52. The van der Waals surface area contributed by atoms with Gasteiger partial charge in [-0.25, -0.2) is 0 Å². The van der Waals surface area contributed by atoms with E-state index in [1.807, 2.05) is 6.92 Å². The second kappa shape index (κ2) is 10.3. The Kier molecular flexibility index (Phi) is 7.99. The number of piperidine rings is 1. The predicted molar refractivity (Wildman–Crippen MR) is 133 cm³/mol. The van der Waals surface area contributed by atoms with Crippen LogP contribution in [0, 0.1) is 20.8 Å². The van der Waals surface area contributed by atoms with Crippen molar-refractivity contribution in [1.82, 2.24) is 4.90 Å². The summed E-state index contributed by atoms with van der Waals surface area (Å²) in [6.07, 6.45) is 7.31. The van der Waals surface area contributed by atoms with E-state index in [1.165, 1.54) is 54.3 Å². The molecule has 0 saturated carbocycles. The smallest absolute Gasteiger partial charge is 0.122 e. The summed E-state index contributed by atoms with van der Waals surface area (Å²) >= 11 is 0. The van der Waals surface area contributed by atoms with Crippen LogP contribution >= 0.6 is 8.58 Å². The number of nitrogens with zero attached hydrogens (tertiary/aromatic N) is 1. The lowest BCUT2D eigenvalue weighted by atomic mass is 9.88. The molecule has 1 aliphatic heterocycles. The molecule has 0 bridgehead atoms. The van der Waals surface area contributed by atoms with Crippen molar-refractivity contribution in [2.75, 3.05) is 13.1 Å². The van der Waals surface area contributed by atoms with Crippen molar-refractivity contribution >= 4 is 13.9 Å². The summed E-state index contributed by atoms with van der Waals surface area (Å²) in [7, 11) is 0.671. The van der Waals surface area contributed by atoms with Gasteiger partial charge in [-0.3, -0.25) is 4.90 Å². The van der Waals surface area contributed by atoms with Crippen LogP contribution in [0.25, 0.3) is 0 Å². The van der Waals surface area contributed by atoms with Gasteiger partial charge in [0.2, 0.25) is 0 Å². The molecule has 0 aliphatic carbocycles. The van der Waals surface area contributed by atoms with Gasteiger partial charge in [-0.05, 0) is 81.5 Å². The van der Waals surface area contributed by atoms with Crippen molar-refractivity contribution in [1.29, 1.82) is 0 Å². The van der Waals surface area contributed by atoms with Crippen molar-refractivity contribution in [3.05, 3.63) is 58.1 Å². The maximum Gasteiger partial charge on any atom is 0.122 e. The molecule has 2 aromatic carbocycles. The van der Waals surface area contributed by atoms with E-state index >= 15 is 0 Å². The summed E-state index contributed by atoms with van der Waals surface area (Å²) in [5, 5.41) is 12.6. The first-order valence-electron chi connectivity index (χ1n) is 11.8. The largest absolute Gasteiger partial charge is 0.507 e. The minimum atomic E-state index is -0.00161. The van der Waals surface area contributed by atoms with Crippen LogP contribution < -0.4 is 5.30 Å². The fraction of sp³-hybridized carbons (Fsp3) is 0.556. The molecule has 1 heterocycles. The lowest BCUT2D eigenvalue weighted by Crippen LogP contribution is -2.32. The maximum atomic E-state index is 11.1. The molecule has 2 aromatic rings. The molecule has 2 nitrogen and oxygen atoms in total. The van der Waals surface area contributed by atoms with Crippen LogP contribution in [0.1, 0.15) is 80.2 Å². The van der Waals surface area contributed by atoms with E-state index in [0.717, 1.165) is 36.9 Å². The molecule has 3 rings (SSSR count). The first-order chi connectivity index (χ1) is 14.4. The Balaban J connectivity index is 2.04. The average molecular weight is 426 g/mol. The molecule has 3 heteroatoms. The summed E-state index contributed by atoms with van der Waals surface area (Å²) < 4.78 is 0. The quantitative estimate of drug-likeness (QED) is 0.475. The molecule has 0 aromatic heterocycles. The zero-order valence-corrected chi connectivity index (χ0v) is 20.6. The first-order valence-corrected chi connectivity index (χ1v) is 12.8. The van der Waals surface area contributed by atoms with Crippen LogP contribution in [0.2, 0.25) is 0 Å². The summed E-state index contributed by atoms with van der Waals surface area (Å²) in [6, 6.07) is 11.2. The van der Waals surface area contributed by atoms with Gasteiger partial charge in [0, 0.05) is 17.3 Å². The van der Waals surface area contributed by atoms with Gasteiger partial charge in [0.15, 0.2) is 0 Å². The van der Waals surface area contributed by atoms with E-state index in [2.05, 4.69) is 62.9 Å². The average Bonchev–Trinajstić information content (AvgIpc) is 2.73. The second-order valence-electron chi connectivity index (χ2n) is 9.23. The van der Waals surface area contributed by atoms with Crippen LogP contribution in [-0.2, 0) is 11.7 Å². The third-order valence-corrected chi connectivity index (χ3v) is 9.12. The van der Waals surface area contributed by atoms with E-state index in [4.69, 9.17) is 0 Å². The molecule has 1 aliphatic rings. The number of aryl methyl sites for hydroxylation is 3. The van der Waals surface area contributed by atoms with Gasteiger partial charge in [-0.2, -0.15) is 0 Å². The SMILES string of the molecule is CCCC(CC)(Pc1c(C)cccc1CN1CCCCC1)c1cc(C)cc(C)c1O. The highest BCUT2D eigenvalue weighted by Gasteiger charge is 2.34. The van der Waals surface area contributed by atoms with Crippen LogP contribution in [0.5, 0.6) is 5.75 Å². The summed E-state index contributed by atoms with van der Waals surface area (Å²) in [4.78, 5) is 2.63. The maximum absolute atomic E-state index is 11.1. The normalized spacial score (nSPS) is 17.5. The van der Waals surface area contributed by atoms with Crippen molar-refractivity contribution < 1.29 is 5.11 Å². The lowest BCUT2D eigenvalue weighted by Gasteiger charge is -2.36. The van der Waals surface area contributed by atoms with Gasteiger partial charge in [0.05, 0.1) is 0 Å². The second-order valence-corrected chi connectivity index (χ2v) is 10.9. The van der Waals surface area contributed by atoms with Crippen molar-refractivity contribution in [3.63, 3.8) is 0 Å². The monoisotopic (exact) mass is 425 g/mol. The number of phenols is 1. The number of hydrogen-bond acceptors (Lipinski definition) is 2. The zero-order valence-electron chi connectivity index (χ0n) is 19.6. The molecule has 2 atom stereocenters. The van der Waals surface area contributed by atoms with Crippen LogP contribution in [0.3, 0.4) is 0 Å². The highest BCUT2D eigenvalue weighted by molar-refractivity contribution is 7.48. The molecule has 1 fully saturated rings. The number of aromatic hydroxyl groups is 1. The van der Waals surface area contributed by atoms with Crippen LogP contribution in [-0.4, -0.2) is 23.1 Å². The predicted octanol–water partition coefficient (Wildman–Crippen LogP) is 6.71. The fourth-order valence-electron chi connectivity index (χ4n) is 5.11. The number of hydrogen-bond donors (Lipinski definition) is 1. The van der Waals surface area contributed by atoms with E-state index < -0.39 is 0 Å². The van der Waals surface area contributed by atoms with Gasteiger partial charge in [0.25, 0.3) is 0 Å². The number of phenolic OH excluding ortho intramolecular Hbond substituents is 1. The van der Waals surface area contributed by atoms with E-state index in [1.54, 1.807) is 0 Å². The first kappa shape index (κ1) is 23.3. The highest BCUT2D eigenvalue weighted by atomic mass is 31.1. The molecule has 164 valence electrons. The molecule has 30 heavy (non-hydrogen) atoms. The van der Waals surface area contributed by atoms with Crippen molar-refractivity contribution in [2.45, 2.75) is 84.8 Å². The number of likely N-dealkylation sites (tertiary alicyclic amines) is 1. The molecule has 0 radical (unpaired) electrons. The molecule has 1 saturated heterocycles. The summed E-state index contributed by atoms with van der Waals surface area (Å²) in [6.45, 7) is 14.6. The third kappa shape index (κ3) is 5.09. The minimum absolute atomic E-state index is 0.00161. The Morgan fingerprint density at radius 2 is 1.73 bits per heavy atom. The number of rotatable bonds is 8. The fourth-order valence-corrected chi connectivity index (χ4v) is 7.07. The molecule has 0 amide bonds. The standard InChI is InChI=1S/C27H40NOP/c1-6-14-27(7-2,24-18-20(3)17-22(5)25(24)29)30-26-21(4)12-11-13-23(26)19-28-15-9-8-10-16-28/h11-13,17-18,29-30H,6-10,14-16,19H2,1-5H3. The lowest BCUT2D eigenvalue weighted by molar-refractivity contribution is 0.221. The van der Waals surface area contributed by atoms with E-state index in [-0.39, 0.29) is 5.16 Å². The van der Waals surface area contributed by atoms with Crippen molar-refractivity contribution in [2.24, 2.45) is 0 Å². The summed E-state index contributed by atoms with van der Waals surface area (Å²) in [5.41, 5.74) is 6.31. The number of benzene rings is 2. The van der Waals surface area contributed by atoms with Gasteiger partial charge in [-0.15, -0.1) is 0 Å². The molecule has 0 spiro atoms. The van der Waals surface area contributed by atoms with E-state index in [0.29, 0.717) is 14.3 Å². The van der Waals surface area contributed by atoms with Gasteiger partial charge < -0.3 is 5.11 Å². The minimum Gasteiger partial charge on any atom is -0.507 e. The van der Waals surface area contributed by atoms with Gasteiger partial charge >= 0.3 is 0 Å². The van der Waals surface area contributed by atoms with E-state index in [9.17, 15) is 5.11 Å². The Labute approximate surface area is 185 Å². The Bertz CT molecular complexity index is 856. The molecular weight excluding hydrogens is 385 g/mol. The Hall–Kier alpha value is -1.37. The molecule has 2 unspecified atom stereocenters. The van der Waals surface area contributed by atoms with Gasteiger partial charge in [-0.1, -0.05) is 71.2 Å². The van der Waals surface area contributed by atoms with Crippen LogP contribution in [0.4, 0.5) is 0 Å². The topological polar surface area (TPSA) is 23.5 Å². The molecular formula is C27H40NOP.